The maximum atomic E-state index is 13.2. The van der Waals surface area contributed by atoms with Gasteiger partial charge in [0.25, 0.3) is 5.67 Å². The van der Waals surface area contributed by atoms with E-state index in [4.69, 9.17) is 0 Å². The molecule has 0 rings (SSSR count). The zero-order valence-corrected chi connectivity index (χ0v) is 10.2. The predicted octanol–water partition coefficient (Wildman–Crippen LogP) is 4.67. The van der Waals surface area contributed by atoms with Crippen molar-refractivity contribution in [1.82, 2.24) is 0 Å². The second kappa shape index (κ2) is 4.65. The van der Waals surface area contributed by atoms with Gasteiger partial charge in [-0.3, -0.25) is 0 Å². The average Bonchev–Trinajstić information content (AvgIpc) is 1.97. The van der Waals surface area contributed by atoms with Gasteiger partial charge in [0.1, 0.15) is 0 Å². The van der Waals surface area contributed by atoms with E-state index in [-0.39, 0.29) is 0 Å². The number of hydrogen-bond donors (Lipinski definition) is 0. The molecule has 0 radical (unpaired) electrons. The molecule has 0 fully saturated rings. The zero-order chi connectivity index (χ0) is 14.3. The first-order valence-electron chi connectivity index (χ1n) is 4.01. The SMILES string of the molecule is C[C@H](I)C[C@](F)(C(F)(F)F)C(F)(F)C(F)(F)F. The van der Waals surface area contributed by atoms with Gasteiger partial charge in [-0.15, -0.1) is 0 Å². The third kappa shape index (κ3) is 3.11. The molecule has 2 atom stereocenters. The Hall–Kier alpha value is 0.1000. The van der Waals surface area contributed by atoms with Crippen LogP contribution in [0, 0.1) is 0 Å². The molecular weight excluding hydrogens is 382 g/mol. The van der Waals surface area contributed by atoms with Crippen LogP contribution in [0.1, 0.15) is 13.3 Å². The van der Waals surface area contributed by atoms with E-state index < -0.39 is 34.3 Å². The van der Waals surface area contributed by atoms with Crippen molar-refractivity contribution in [3.63, 3.8) is 0 Å². The fourth-order valence-electron chi connectivity index (χ4n) is 1.03. The van der Waals surface area contributed by atoms with Crippen LogP contribution in [0.3, 0.4) is 0 Å². The van der Waals surface area contributed by atoms with Crippen molar-refractivity contribution in [3.8, 4) is 0 Å². The molecule has 0 unspecified atom stereocenters. The second-order valence-corrected chi connectivity index (χ2v) is 5.48. The van der Waals surface area contributed by atoms with Gasteiger partial charge >= 0.3 is 18.3 Å². The van der Waals surface area contributed by atoms with Gasteiger partial charge in [-0.25, -0.2) is 4.39 Å². The molecule has 0 N–H and O–H groups in total. The van der Waals surface area contributed by atoms with Crippen molar-refractivity contribution in [2.45, 2.75) is 41.2 Å². The van der Waals surface area contributed by atoms with Crippen LogP contribution in [-0.2, 0) is 0 Å². The summed E-state index contributed by atoms with van der Waals surface area (Å²) in [6.45, 7) is 0.896. The summed E-state index contributed by atoms with van der Waals surface area (Å²) in [5.41, 5.74) is -5.63. The first-order chi connectivity index (χ1) is 7.17. The van der Waals surface area contributed by atoms with Gasteiger partial charge in [-0.1, -0.05) is 29.5 Å². The normalized spacial score (nSPS) is 19.9. The molecule has 0 aliphatic carbocycles. The quantitative estimate of drug-likeness (QED) is 0.375. The van der Waals surface area contributed by atoms with Crippen molar-refractivity contribution in [2.75, 3.05) is 0 Å². The van der Waals surface area contributed by atoms with Crippen LogP contribution < -0.4 is 0 Å². The molecule has 0 saturated heterocycles. The van der Waals surface area contributed by atoms with Crippen LogP contribution in [0.4, 0.5) is 39.5 Å². The Morgan fingerprint density at radius 3 is 1.35 bits per heavy atom. The Bertz CT molecular complexity index is 265. The lowest BCUT2D eigenvalue weighted by Crippen LogP contribution is -2.62. The van der Waals surface area contributed by atoms with E-state index in [1.807, 2.05) is 0 Å². The first-order valence-corrected chi connectivity index (χ1v) is 5.25. The highest BCUT2D eigenvalue weighted by atomic mass is 127. The molecule has 0 aromatic heterocycles. The highest BCUT2D eigenvalue weighted by Gasteiger charge is 2.80. The lowest BCUT2D eigenvalue weighted by atomic mass is 9.91. The van der Waals surface area contributed by atoms with Crippen molar-refractivity contribution in [2.24, 2.45) is 0 Å². The Labute approximate surface area is 104 Å². The van der Waals surface area contributed by atoms with E-state index in [0.717, 1.165) is 29.5 Å². The minimum Gasteiger partial charge on any atom is -0.227 e. The Kier molecular flexibility index (Phi) is 4.68. The van der Waals surface area contributed by atoms with Crippen LogP contribution >= 0.6 is 22.6 Å². The van der Waals surface area contributed by atoms with Crippen LogP contribution in [-0.4, -0.2) is 27.9 Å². The fraction of sp³-hybridized carbons (Fsp3) is 1.00. The maximum Gasteiger partial charge on any atom is 0.457 e. The van der Waals surface area contributed by atoms with Gasteiger partial charge in [0.15, 0.2) is 0 Å². The average molecular weight is 388 g/mol. The van der Waals surface area contributed by atoms with Gasteiger partial charge in [-0.05, 0) is 0 Å². The van der Waals surface area contributed by atoms with E-state index >= 15 is 0 Å². The molecule has 0 aromatic rings. The molecule has 0 saturated carbocycles. The molecule has 0 nitrogen and oxygen atoms in total. The summed E-state index contributed by atoms with van der Waals surface area (Å²) in [4.78, 5) is 0. The van der Waals surface area contributed by atoms with Crippen molar-refractivity contribution in [1.29, 1.82) is 0 Å². The van der Waals surface area contributed by atoms with Gasteiger partial charge in [0.2, 0.25) is 0 Å². The van der Waals surface area contributed by atoms with Gasteiger partial charge in [0, 0.05) is 10.3 Å². The summed E-state index contributed by atoms with van der Waals surface area (Å²) in [6.07, 6.45) is -14.9. The Morgan fingerprint density at radius 2 is 1.18 bits per heavy atom. The monoisotopic (exact) mass is 388 g/mol. The molecule has 0 aliphatic rings. The van der Waals surface area contributed by atoms with Gasteiger partial charge < -0.3 is 0 Å². The molecule has 0 aromatic carbocycles. The van der Waals surface area contributed by atoms with E-state index in [2.05, 4.69) is 0 Å². The fourth-order valence-corrected chi connectivity index (χ4v) is 1.64. The van der Waals surface area contributed by atoms with E-state index in [1.54, 1.807) is 0 Å². The number of halogens is 10. The van der Waals surface area contributed by atoms with Gasteiger partial charge in [-0.2, -0.15) is 35.1 Å². The number of rotatable bonds is 3. The van der Waals surface area contributed by atoms with Gasteiger partial charge in [0.05, 0.1) is 0 Å². The summed E-state index contributed by atoms with van der Waals surface area (Å²) >= 11 is 1.14. The van der Waals surface area contributed by atoms with E-state index in [9.17, 15) is 39.5 Å². The number of hydrogen-bond acceptors (Lipinski definition) is 0. The summed E-state index contributed by atoms with van der Waals surface area (Å²) < 4.78 is 109. The molecule has 0 spiro atoms. The topological polar surface area (TPSA) is 0 Å². The standard InChI is InChI=1S/C7H6F9I/c1-3(17)2-4(8,6(11,12)13)5(9,10)7(14,15)16/h3H,2H2,1H3/t3-,4+/m0/s1. The van der Waals surface area contributed by atoms with Crippen molar-refractivity contribution in [3.05, 3.63) is 0 Å². The van der Waals surface area contributed by atoms with Crippen LogP contribution in [0.15, 0.2) is 0 Å². The minimum atomic E-state index is -6.61. The molecule has 0 bridgehead atoms. The molecule has 10 heteroatoms. The third-order valence-electron chi connectivity index (χ3n) is 1.87. The Morgan fingerprint density at radius 1 is 0.824 bits per heavy atom. The summed E-state index contributed by atoms with van der Waals surface area (Å²) in [7, 11) is 0. The third-order valence-corrected chi connectivity index (χ3v) is 2.31. The second-order valence-electron chi connectivity index (χ2n) is 3.36. The first kappa shape index (κ1) is 17.1. The van der Waals surface area contributed by atoms with Crippen LogP contribution in [0.2, 0.25) is 0 Å². The summed E-state index contributed by atoms with van der Waals surface area (Å²) in [5, 5.41) is 0. The molecule has 0 amide bonds. The Balaban J connectivity index is 5.65. The lowest BCUT2D eigenvalue weighted by molar-refractivity contribution is -0.384. The van der Waals surface area contributed by atoms with Crippen LogP contribution in [0.5, 0.6) is 0 Å². The zero-order valence-electron chi connectivity index (χ0n) is 8.06. The minimum absolute atomic E-state index is 0.896. The molecule has 17 heavy (non-hydrogen) atoms. The van der Waals surface area contributed by atoms with E-state index in [1.165, 1.54) is 0 Å². The van der Waals surface area contributed by atoms with Crippen molar-refractivity contribution < 1.29 is 39.5 Å². The molecule has 104 valence electrons. The van der Waals surface area contributed by atoms with Crippen LogP contribution in [0.25, 0.3) is 0 Å². The highest BCUT2D eigenvalue weighted by Crippen LogP contribution is 2.55. The maximum absolute atomic E-state index is 13.2. The molecular formula is C7H6F9I. The summed E-state index contributed by atoms with van der Waals surface area (Å²) in [5.74, 6) is -6.49. The highest BCUT2D eigenvalue weighted by molar-refractivity contribution is 14.1. The smallest absolute Gasteiger partial charge is 0.227 e. The predicted molar refractivity (Wildman–Crippen MR) is 49.0 cm³/mol. The van der Waals surface area contributed by atoms with Crippen molar-refractivity contribution >= 4 is 22.6 Å². The lowest BCUT2D eigenvalue weighted by Gasteiger charge is -2.36. The molecule has 0 heterocycles. The number of alkyl halides is 10. The van der Waals surface area contributed by atoms with E-state index in [0.29, 0.717) is 0 Å². The molecule has 0 aliphatic heterocycles. The summed E-state index contributed by atoms with van der Waals surface area (Å²) in [6, 6.07) is 0. The largest absolute Gasteiger partial charge is 0.457 e.